The first-order valence-corrected chi connectivity index (χ1v) is 3.82. The highest BCUT2D eigenvalue weighted by Crippen LogP contribution is 2.06. The summed E-state index contributed by atoms with van der Waals surface area (Å²) in [7, 11) is 0. The number of nitrogens with zero attached hydrogens (tertiary/aromatic N) is 1. The summed E-state index contributed by atoms with van der Waals surface area (Å²) in [4.78, 5) is 14.6. The van der Waals surface area contributed by atoms with Gasteiger partial charge in [-0.25, -0.2) is 4.79 Å². The lowest BCUT2D eigenvalue weighted by Gasteiger charge is -2.02. The van der Waals surface area contributed by atoms with Crippen LogP contribution < -0.4 is 0 Å². The minimum atomic E-state index is -0.874. The number of carboxylic acid groups (broad SMARTS) is 1. The molecule has 0 aromatic rings. The van der Waals surface area contributed by atoms with Gasteiger partial charge in [-0.3, -0.25) is 4.99 Å². The molecule has 1 rings (SSSR count). The molecule has 1 unspecified atom stereocenters. The Labute approximate surface area is 71.1 Å². The Hall–Kier alpha value is -1.38. The smallest absolute Gasteiger partial charge is 0.331 e. The largest absolute Gasteiger partial charge is 0.478 e. The lowest BCUT2D eigenvalue weighted by molar-refractivity contribution is -0.132. The monoisotopic (exact) mass is 165 g/mol. The average Bonchev–Trinajstić information content (AvgIpc) is 1.95. The van der Waals surface area contributed by atoms with Crippen LogP contribution in [0.3, 0.4) is 0 Å². The van der Waals surface area contributed by atoms with E-state index in [0.29, 0.717) is 12.0 Å². The van der Waals surface area contributed by atoms with E-state index < -0.39 is 5.97 Å². The molecule has 0 radical (unpaired) electrons. The van der Waals surface area contributed by atoms with Crippen LogP contribution in [-0.4, -0.2) is 23.3 Å². The van der Waals surface area contributed by atoms with Crippen LogP contribution in [0.4, 0.5) is 0 Å². The lowest BCUT2D eigenvalue weighted by Crippen LogP contribution is -2.02. The van der Waals surface area contributed by atoms with Crippen LogP contribution in [-0.2, 0) is 4.79 Å². The Balaban J connectivity index is 2.80. The first kappa shape index (κ1) is 8.71. The van der Waals surface area contributed by atoms with Gasteiger partial charge in [0.05, 0.1) is 6.04 Å². The molecule has 0 spiro atoms. The Morgan fingerprint density at radius 3 is 3.17 bits per heavy atom. The molecule has 3 nitrogen and oxygen atoms in total. The highest BCUT2D eigenvalue weighted by Gasteiger charge is 2.05. The predicted molar refractivity (Wildman–Crippen MR) is 47.4 cm³/mol. The molecule has 0 bridgehead atoms. The van der Waals surface area contributed by atoms with Gasteiger partial charge in [0.25, 0.3) is 0 Å². The van der Waals surface area contributed by atoms with Gasteiger partial charge >= 0.3 is 5.97 Å². The van der Waals surface area contributed by atoms with Gasteiger partial charge < -0.3 is 5.11 Å². The normalized spacial score (nSPS) is 29.8. The summed E-state index contributed by atoms with van der Waals surface area (Å²) in [6.07, 6.45) is 7.30. The summed E-state index contributed by atoms with van der Waals surface area (Å²) >= 11 is 0. The van der Waals surface area contributed by atoms with E-state index in [4.69, 9.17) is 5.11 Å². The van der Waals surface area contributed by atoms with Crippen molar-refractivity contribution in [2.24, 2.45) is 4.99 Å². The van der Waals surface area contributed by atoms with E-state index in [1.165, 1.54) is 0 Å². The van der Waals surface area contributed by atoms with Crippen LogP contribution in [0.15, 0.2) is 28.8 Å². The van der Waals surface area contributed by atoms with E-state index in [-0.39, 0.29) is 6.04 Å². The highest BCUT2D eigenvalue weighted by atomic mass is 16.4. The third-order valence-electron chi connectivity index (χ3n) is 1.62. The van der Waals surface area contributed by atoms with Crippen molar-refractivity contribution < 1.29 is 9.90 Å². The van der Waals surface area contributed by atoms with Gasteiger partial charge in [-0.1, -0.05) is 12.2 Å². The van der Waals surface area contributed by atoms with Crippen molar-refractivity contribution in [3.8, 4) is 0 Å². The van der Waals surface area contributed by atoms with Crippen LogP contribution in [0.25, 0.3) is 0 Å². The minimum Gasteiger partial charge on any atom is -0.478 e. The van der Waals surface area contributed by atoms with E-state index in [0.717, 1.165) is 0 Å². The standard InChI is InChI=1S/C9H11NO2/c1-7-3-2-4-8(9(11)12)5-6-10-7/h2-3,5-7H,4H2,1H3,(H,11,12)/b3-2?,8-5+,10-6-. The van der Waals surface area contributed by atoms with Gasteiger partial charge in [0.1, 0.15) is 0 Å². The fraction of sp³-hybridized carbons (Fsp3) is 0.333. The molecular formula is C9H11NO2. The average molecular weight is 165 g/mol. The summed E-state index contributed by atoms with van der Waals surface area (Å²) < 4.78 is 0. The summed E-state index contributed by atoms with van der Waals surface area (Å²) in [5, 5.41) is 8.66. The fourth-order valence-electron chi connectivity index (χ4n) is 0.937. The molecule has 0 aromatic heterocycles. The second-order valence-electron chi connectivity index (χ2n) is 2.67. The molecule has 0 saturated heterocycles. The van der Waals surface area contributed by atoms with E-state index in [1.807, 2.05) is 19.1 Å². The molecule has 1 heterocycles. The number of aliphatic imine (C=N–C) groups is 1. The first-order valence-electron chi connectivity index (χ1n) is 3.82. The summed E-state index contributed by atoms with van der Waals surface area (Å²) in [6.45, 7) is 1.95. The molecule has 64 valence electrons. The van der Waals surface area contributed by atoms with Crippen molar-refractivity contribution in [2.45, 2.75) is 19.4 Å². The quantitative estimate of drug-likeness (QED) is 0.597. The van der Waals surface area contributed by atoms with E-state index in [2.05, 4.69) is 4.99 Å². The maximum Gasteiger partial charge on any atom is 0.331 e. The van der Waals surface area contributed by atoms with Crippen LogP contribution in [0.2, 0.25) is 0 Å². The topological polar surface area (TPSA) is 49.7 Å². The molecule has 1 N–H and O–H groups in total. The first-order chi connectivity index (χ1) is 5.70. The van der Waals surface area contributed by atoms with E-state index in [9.17, 15) is 4.79 Å². The zero-order valence-electron chi connectivity index (χ0n) is 6.90. The van der Waals surface area contributed by atoms with Crippen molar-refractivity contribution in [1.29, 1.82) is 0 Å². The van der Waals surface area contributed by atoms with Gasteiger partial charge in [0.15, 0.2) is 0 Å². The van der Waals surface area contributed by atoms with Gasteiger partial charge in [-0.15, -0.1) is 0 Å². The number of aliphatic carboxylic acids is 1. The van der Waals surface area contributed by atoms with Crippen LogP contribution in [0.1, 0.15) is 13.3 Å². The Kier molecular flexibility index (Phi) is 2.80. The molecular weight excluding hydrogens is 154 g/mol. The molecule has 12 heavy (non-hydrogen) atoms. The molecule has 0 aliphatic carbocycles. The number of hydrogen-bond donors (Lipinski definition) is 1. The summed E-state index contributed by atoms with van der Waals surface area (Å²) in [5.74, 6) is -0.874. The predicted octanol–water partition coefficient (Wildman–Crippen LogP) is 1.42. The van der Waals surface area contributed by atoms with Gasteiger partial charge in [0.2, 0.25) is 0 Å². The van der Waals surface area contributed by atoms with Crippen molar-refractivity contribution in [1.82, 2.24) is 0 Å². The molecule has 0 saturated carbocycles. The number of allylic oxidation sites excluding steroid dienone is 2. The molecule has 3 heteroatoms. The molecule has 1 aliphatic heterocycles. The van der Waals surface area contributed by atoms with Crippen molar-refractivity contribution >= 4 is 12.2 Å². The summed E-state index contributed by atoms with van der Waals surface area (Å²) in [6, 6.07) is 0.150. The maximum absolute atomic E-state index is 10.5. The molecule has 0 aromatic carbocycles. The van der Waals surface area contributed by atoms with Crippen molar-refractivity contribution in [3.63, 3.8) is 0 Å². The molecule has 0 amide bonds. The molecule has 1 atom stereocenters. The second kappa shape index (κ2) is 3.85. The number of rotatable bonds is 1. The fourth-order valence-corrected chi connectivity index (χ4v) is 0.937. The number of carbonyl (C=O) groups is 1. The van der Waals surface area contributed by atoms with Gasteiger partial charge in [-0.05, 0) is 19.4 Å². The zero-order valence-corrected chi connectivity index (χ0v) is 6.90. The Bertz CT molecular complexity index is 264. The maximum atomic E-state index is 10.5. The molecule has 0 fully saturated rings. The third kappa shape index (κ3) is 2.34. The van der Waals surface area contributed by atoms with Crippen LogP contribution >= 0.6 is 0 Å². The SMILES string of the molecule is CC1C=CC/C(C(=O)O)=C\C=N/1. The third-order valence-corrected chi connectivity index (χ3v) is 1.62. The zero-order chi connectivity index (χ0) is 8.97. The van der Waals surface area contributed by atoms with Crippen molar-refractivity contribution in [2.75, 3.05) is 0 Å². The number of hydrogen-bond acceptors (Lipinski definition) is 2. The van der Waals surface area contributed by atoms with E-state index in [1.54, 1.807) is 12.3 Å². The Morgan fingerprint density at radius 1 is 1.75 bits per heavy atom. The van der Waals surface area contributed by atoms with Crippen molar-refractivity contribution in [3.05, 3.63) is 23.8 Å². The summed E-state index contributed by atoms with van der Waals surface area (Å²) in [5.41, 5.74) is 0.377. The Morgan fingerprint density at radius 2 is 2.50 bits per heavy atom. The second-order valence-corrected chi connectivity index (χ2v) is 2.67. The van der Waals surface area contributed by atoms with E-state index >= 15 is 0 Å². The van der Waals surface area contributed by atoms with Gasteiger partial charge in [0, 0.05) is 11.8 Å². The minimum absolute atomic E-state index is 0.150. The number of carboxylic acids is 1. The van der Waals surface area contributed by atoms with Crippen LogP contribution in [0, 0.1) is 0 Å². The molecule has 1 aliphatic rings. The van der Waals surface area contributed by atoms with Gasteiger partial charge in [-0.2, -0.15) is 0 Å². The lowest BCUT2D eigenvalue weighted by atomic mass is 10.1. The van der Waals surface area contributed by atoms with Crippen LogP contribution in [0.5, 0.6) is 0 Å². The highest BCUT2D eigenvalue weighted by molar-refractivity contribution is 5.92.